The van der Waals surface area contributed by atoms with Crippen molar-refractivity contribution < 1.29 is 28.7 Å². The fourth-order valence-corrected chi connectivity index (χ4v) is 3.22. The van der Waals surface area contributed by atoms with Gasteiger partial charge in [0.25, 0.3) is 11.8 Å². The predicted octanol–water partition coefficient (Wildman–Crippen LogP) is 0.428. The molecule has 2 saturated heterocycles. The number of nitrogens with zero attached hydrogens (tertiary/aromatic N) is 1. The van der Waals surface area contributed by atoms with Crippen LogP contribution in [0.25, 0.3) is 0 Å². The molecule has 0 aliphatic carbocycles. The number of piperidine rings is 1. The summed E-state index contributed by atoms with van der Waals surface area (Å²) in [6.07, 6.45) is 2.12. The minimum absolute atomic E-state index is 0.0241. The van der Waals surface area contributed by atoms with Crippen LogP contribution in [0, 0.1) is 5.92 Å². The summed E-state index contributed by atoms with van der Waals surface area (Å²) >= 11 is 0. The molecule has 1 atom stereocenters. The average Bonchev–Trinajstić information content (AvgIpc) is 3.13. The summed E-state index contributed by atoms with van der Waals surface area (Å²) in [4.78, 5) is 48.1. The molecule has 9 nitrogen and oxygen atoms in total. The van der Waals surface area contributed by atoms with Gasteiger partial charge in [-0.15, -0.1) is 0 Å². The Morgan fingerprint density at radius 2 is 2.00 bits per heavy atom. The average molecular weight is 335 g/mol. The summed E-state index contributed by atoms with van der Waals surface area (Å²) in [5.74, 6) is -2.00. The van der Waals surface area contributed by atoms with E-state index in [9.17, 15) is 19.2 Å². The van der Waals surface area contributed by atoms with Crippen LogP contribution in [-0.2, 0) is 4.79 Å². The highest BCUT2D eigenvalue weighted by Crippen LogP contribution is 2.31. The Bertz CT molecular complexity index is 719. The molecule has 0 bridgehead atoms. The third kappa shape index (κ3) is 2.61. The van der Waals surface area contributed by atoms with Crippen LogP contribution in [0.15, 0.2) is 16.7 Å². The quantitative estimate of drug-likeness (QED) is 0.687. The number of urea groups is 1. The molecule has 128 valence electrons. The Hall–Kier alpha value is -2.84. The van der Waals surface area contributed by atoms with Crippen LogP contribution >= 0.6 is 0 Å². The molecule has 2 aliphatic rings. The van der Waals surface area contributed by atoms with Gasteiger partial charge in [-0.25, -0.2) is 9.59 Å². The Morgan fingerprint density at radius 1 is 1.33 bits per heavy atom. The van der Waals surface area contributed by atoms with Crippen LogP contribution in [-0.4, -0.2) is 52.4 Å². The first kappa shape index (κ1) is 16.0. The first-order valence-corrected chi connectivity index (χ1v) is 7.56. The largest absolute Gasteiger partial charge is 0.478 e. The van der Waals surface area contributed by atoms with E-state index >= 15 is 0 Å². The molecule has 0 radical (unpaired) electrons. The standard InChI is InChI=1S/C15H17N3O6/c1-15(13(22)16-14(23)17-15)9-2-4-18(5-3-9)11(19)10-6-8(7-24-10)12(20)21/h6-7,9H,2-5H2,1H3,(H,20,21)(H2,16,17,22,23). The molecule has 2 aliphatic heterocycles. The molecular weight excluding hydrogens is 318 g/mol. The number of imide groups is 1. The summed E-state index contributed by atoms with van der Waals surface area (Å²) in [6.45, 7) is 2.47. The Morgan fingerprint density at radius 3 is 2.50 bits per heavy atom. The second kappa shape index (κ2) is 5.66. The summed E-state index contributed by atoms with van der Waals surface area (Å²) in [6, 6.07) is 0.695. The maximum absolute atomic E-state index is 12.4. The fourth-order valence-electron chi connectivity index (χ4n) is 3.22. The number of hydrogen-bond donors (Lipinski definition) is 3. The number of nitrogens with one attached hydrogen (secondary N) is 2. The highest BCUT2D eigenvalue weighted by molar-refractivity contribution is 6.07. The zero-order valence-corrected chi connectivity index (χ0v) is 13.0. The van der Waals surface area contributed by atoms with E-state index in [0.717, 1.165) is 6.26 Å². The van der Waals surface area contributed by atoms with Crippen LogP contribution < -0.4 is 10.6 Å². The molecule has 3 N–H and O–H groups in total. The van der Waals surface area contributed by atoms with Crippen molar-refractivity contribution in [3.05, 3.63) is 23.7 Å². The SMILES string of the molecule is CC1(C2CCN(C(=O)c3cc(C(=O)O)co3)CC2)NC(=O)NC1=O. The van der Waals surface area contributed by atoms with E-state index in [0.29, 0.717) is 25.9 Å². The lowest BCUT2D eigenvalue weighted by Crippen LogP contribution is -2.54. The first-order chi connectivity index (χ1) is 11.3. The minimum atomic E-state index is -1.16. The molecule has 2 fully saturated rings. The monoisotopic (exact) mass is 335 g/mol. The number of carbonyl (C=O) groups excluding carboxylic acids is 3. The molecule has 9 heteroatoms. The topological polar surface area (TPSA) is 129 Å². The number of furan rings is 1. The lowest BCUT2D eigenvalue weighted by atomic mass is 9.79. The van der Waals surface area contributed by atoms with E-state index in [-0.39, 0.29) is 29.1 Å². The van der Waals surface area contributed by atoms with Gasteiger partial charge in [-0.3, -0.25) is 14.9 Å². The zero-order chi connectivity index (χ0) is 17.5. The molecule has 1 aromatic heterocycles. The Labute approximate surface area is 137 Å². The van der Waals surface area contributed by atoms with Gasteiger partial charge >= 0.3 is 12.0 Å². The third-order valence-electron chi connectivity index (χ3n) is 4.73. The smallest absolute Gasteiger partial charge is 0.338 e. The number of amides is 4. The van der Waals surface area contributed by atoms with Gasteiger partial charge < -0.3 is 19.7 Å². The second-order valence-corrected chi connectivity index (χ2v) is 6.18. The number of rotatable bonds is 3. The van der Waals surface area contributed by atoms with E-state index in [1.807, 2.05) is 0 Å². The maximum Gasteiger partial charge on any atom is 0.338 e. The van der Waals surface area contributed by atoms with Gasteiger partial charge in [0, 0.05) is 19.2 Å². The molecule has 1 unspecified atom stereocenters. The van der Waals surface area contributed by atoms with Crippen molar-refractivity contribution in [2.75, 3.05) is 13.1 Å². The molecule has 0 spiro atoms. The van der Waals surface area contributed by atoms with Crippen molar-refractivity contribution >= 4 is 23.8 Å². The third-order valence-corrected chi connectivity index (χ3v) is 4.73. The molecule has 3 rings (SSSR count). The van der Waals surface area contributed by atoms with E-state index in [1.54, 1.807) is 11.8 Å². The highest BCUT2D eigenvalue weighted by atomic mass is 16.4. The van der Waals surface area contributed by atoms with E-state index < -0.39 is 17.5 Å². The lowest BCUT2D eigenvalue weighted by Gasteiger charge is -2.38. The van der Waals surface area contributed by atoms with Gasteiger partial charge in [0.15, 0.2) is 5.76 Å². The van der Waals surface area contributed by atoms with Crippen LogP contribution in [0.5, 0.6) is 0 Å². The van der Waals surface area contributed by atoms with Crippen LogP contribution in [0.1, 0.15) is 40.7 Å². The van der Waals surface area contributed by atoms with Crippen LogP contribution in [0.4, 0.5) is 4.79 Å². The van der Waals surface area contributed by atoms with Crippen molar-refractivity contribution in [3.63, 3.8) is 0 Å². The van der Waals surface area contributed by atoms with Crippen molar-refractivity contribution in [2.45, 2.75) is 25.3 Å². The fraction of sp³-hybridized carbons (Fsp3) is 0.467. The van der Waals surface area contributed by atoms with Crippen molar-refractivity contribution in [3.8, 4) is 0 Å². The van der Waals surface area contributed by atoms with Crippen LogP contribution in [0.2, 0.25) is 0 Å². The number of carbonyl (C=O) groups is 4. The molecule has 4 amide bonds. The first-order valence-electron chi connectivity index (χ1n) is 7.56. The van der Waals surface area contributed by atoms with Gasteiger partial charge in [0.05, 0.1) is 5.56 Å². The van der Waals surface area contributed by atoms with Gasteiger partial charge in [-0.1, -0.05) is 0 Å². The summed E-state index contributed by atoms with van der Waals surface area (Å²) in [5, 5.41) is 13.8. The van der Waals surface area contributed by atoms with E-state index in [2.05, 4.69) is 10.6 Å². The number of carboxylic acids is 1. The number of hydrogen-bond acceptors (Lipinski definition) is 5. The van der Waals surface area contributed by atoms with Crippen molar-refractivity contribution in [2.24, 2.45) is 5.92 Å². The zero-order valence-electron chi connectivity index (χ0n) is 13.0. The molecule has 3 heterocycles. The highest BCUT2D eigenvalue weighted by Gasteiger charge is 2.48. The second-order valence-electron chi connectivity index (χ2n) is 6.18. The normalized spacial score (nSPS) is 24.6. The van der Waals surface area contributed by atoms with Crippen LogP contribution in [0.3, 0.4) is 0 Å². The summed E-state index contributed by atoms with van der Waals surface area (Å²) in [5.41, 5.74) is -1.04. The molecule has 1 aromatic rings. The van der Waals surface area contributed by atoms with Crippen molar-refractivity contribution in [1.29, 1.82) is 0 Å². The van der Waals surface area contributed by atoms with Gasteiger partial charge in [0.1, 0.15) is 11.8 Å². The van der Waals surface area contributed by atoms with Gasteiger partial charge in [0.2, 0.25) is 0 Å². The Balaban J connectivity index is 1.64. The number of carboxylic acid groups (broad SMARTS) is 1. The molecule has 24 heavy (non-hydrogen) atoms. The summed E-state index contributed by atoms with van der Waals surface area (Å²) in [7, 11) is 0. The minimum Gasteiger partial charge on any atom is -0.478 e. The number of aromatic carboxylic acids is 1. The number of likely N-dealkylation sites (tertiary alicyclic amines) is 1. The Kier molecular flexibility index (Phi) is 3.78. The molecular formula is C15H17N3O6. The van der Waals surface area contributed by atoms with Gasteiger partial charge in [-0.2, -0.15) is 0 Å². The lowest BCUT2D eigenvalue weighted by molar-refractivity contribution is -0.125. The van der Waals surface area contributed by atoms with E-state index in [4.69, 9.17) is 9.52 Å². The summed E-state index contributed by atoms with van der Waals surface area (Å²) < 4.78 is 5.03. The molecule has 0 saturated carbocycles. The van der Waals surface area contributed by atoms with Crippen molar-refractivity contribution in [1.82, 2.24) is 15.5 Å². The van der Waals surface area contributed by atoms with Gasteiger partial charge in [-0.05, 0) is 25.7 Å². The predicted molar refractivity (Wildman–Crippen MR) is 79.4 cm³/mol. The maximum atomic E-state index is 12.4. The molecule has 0 aromatic carbocycles. The van der Waals surface area contributed by atoms with E-state index in [1.165, 1.54) is 6.07 Å².